The largest absolute Gasteiger partial charge is 0.378 e. The lowest BCUT2D eigenvalue weighted by Gasteiger charge is -2.20. The van der Waals surface area contributed by atoms with E-state index < -0.39 is 0 Å². The Kier molecular flexibility index (Phi) is 4.42. The van der Waals surface area contributed by atoms with Crippen LogP contribution < -0.4 is 5.32 Å². The summed E-state index contributed by atoms with van der Waals surface area (Å²) in [7, 11) is 0. The number of benzene rings is 2. The smallest absolute Gasteiger partial charge is 0.0525 e. The highest BCUT2D eigenvalue weighted by Gasteiger charge is 2.15. The molecule has 3 heteroatoms. The van der Waals surface area contributed by atoms with Crippen molar-refractivity contribution in [3.8, 4) is 0 Å². The van der Waals surface area contributed by atoms with Gasteiger partial charge in [0.05, 0.1) is 6.04 Å². The molecule has 0 spiro atoms. The maximum Gasteiger partial charge on any atom is 0.0525 e. The lowest BCUT2D eigenvalue weighted by Crippen LogP contribution is -2.10. The molecule has 1 N–H and O–H groups in total. The van der Waals surface area contributed by atoms with Crippen molar-refractivity contribution in [1.82, 2.24) is 0 Å². The molecule has 0 bridgehead atoms. The Bertz CT molecular complexity index is 652. The minimum Gasteiger partial charge on any atom is -0.378 e. The van der Waals surface area contributed by atoms with Crippen LogP contribution in [0.15, 0.2) is 36.4 Å². The summed E-state index contributed by atoms with van der Waals surface area (Å²) in [6.45, 7) is 2.16. The minimum atomic E-state index is 0.203. The molecule has 0 aromatic heterocycles. The van der Waals surface area contributed by atoms with Crippen LogP contribution in [0.1, 0.15) is 42.5 Å². The second-order valence-corrected chi connectivity index (χ2v) is 6.45. The molecular formula is C18H19Cl2N. The summed E-state index contributed by atoms with van der Waals surface area (Å²) in [5.74, 6) is 0. The number of halogens is 2. The van der Waals surface area contributed by atoms with Gasteiger partial charge in [0.1, 0.15) is 0 Å². The van der Waals surface area contributed by atoms with Gasteiger partial charge >= 0.3 is 0 Å². The SMILES string of the molecule is CCC(Nc1ccc2c(c1)CCC2)c1ccc(Cl)cc1Cl. The second-order valence-electron chi connectivity index (χ2n) is 5.61. The average molecular weight is 320 g/mol. The number of fused-ring (bicyclic) bond motifs is 1. The van der Waals surface area contributed by atoms with Crippen LogP contribution in [0, 0.1) is 0 Å². The van der Waals surface area contributed by atoms with Crippen molar-refractivity contribution < 1.29 is 0 Å². The van der Waals surface area contributed by atoms with E-state index in [0.29, 0.717) is 5.02 Å². The molecule has 0 aliphatic heterocycles. The highest BCUT2D eigenvalue weighted by Crippen LogP contribution is 2.32. The predicted molar refractivity (Wildman–Crippen MR) is 91.6 cm³/mol. The van der Waals surface area contributed by atoms with Crippen molar-refractivity contribution in [2.75, 3.05) is 5.32 Å². The van der Waals surface area contributed by atoms with Crippen LogP contribution in [0.2, 0.25) is 10.0 Å². The predicted octanol–water partition coefficient (Wildman–Crippen LogP) is 6.05. The number of nitrogens with one attached hydrogen (secondary N) is 1. The van der Waals surface area contributed by atoms with Crippen LogP contribution in [0.3, 0.4) is 0 Å². The van der Waals surface area contributed by atoms with Crippen LogP contribution in [-0.2, 0) is 12.8 Å². The zero-order chi connectivity index (χ0) is 14.8. The Balaban J connectivity index is 1.84. The summed E-state index contributed by atoms with van der Waals surface area (Å²) in [5.41, 5.74) is 5.26. The van der Waals surface area contributed by atoms with Crippen LogP contribution in [0.4, 0.5) is 5.69 Å². The number of hydrogen-bond donors (Lipinski definition) is 1. The molecule has 1 unspecified atom stereocenters. The van der Waals surface area contributed by atoms with Crippen molar-refractivity contribution >= 4 is 28.9 Å². The van der Waals surface area contributed by atoms with Crippen molar-refractivity contribution in [1.29, 1.82) is 0 Å². The Morgan fingerprint density at radius 2 is 1.86 bits per heavy atom. The first kappa shape index (κ1) is 14.7. The van der Waals surface area contributed by atoms with E-state index in [1.54, 1.807) is 0 Å². The van der Waals surface area contributed by atoms with E-state index in [1.807, 2.05) is 18.2 Å². The lowest BCUT2D eigenvalue weighted by atomic mass is 10.0. The van der Waals surface area contributed by atoms with E-state index >= 15 is 0 Å². The molecule has 1 aliphatic carbocycles. The summed E-state index contributed by atoms with van der Waals surface area (Å²) >= 11 is 12.3. The van der Waals surface area contributed by atoms with Gasteiger partial charge in [0.15, 0.2) is 0 Å². The molecule has 1 atom stereocenters. The van der Waals surface area contributed by atoms with E-state index in [9.17, 15) is 0 Å². The standard InChI is InChI=1S/C18H19Cl2N/c1-2-18(16-9-7-14(19)11-17(16)20)21-15-8-6-12-4-3-5-13(12)10-15/h6-11,18,21H,2-5H2,1H3. The molecular weight excluding hydrogens is 301 g/mol. The maximum atomic E-state index is 6.34. The summed E-state index contributed by atoms with van der Waals surface area (Å²) in [6, 6.07) is 12.6. The fraction of sp³-hybridized carbons (Fsp3) is 0.333. The summed E-state index contributed by atoms with van der Waals surface area (Å²) in [4.78, 5) is 0. The van der Waals surface area contributed by atoms with Gasteiger partial charge in [-0.05, 0) is 66.6 Å². The van der Waals surface area contributed by atoms with Crippen molar-refractivity contribution in [2.45, 2.75) is 38.6 Å². The monoisotopic (exact) mass is 319 g/mol. The summed E-state index contributed by atoms with van der Waals surface area (Å²) in [6.07, 6.45) is 4.66. The third-order valence-electron chi connectivity index (χ3n) is 4.19. The number of anilines is 1. The first-order valence-electron chi connectivity index (χ1n) is 7.50. The molecule has 0 fully saturated rings. The van der Waals surface area contributed by atoms with E-state index in [0.717, 1.165) is 17.0 Å². The first-order chi connectivity index (χ1) is 10.2. The average Bonchev–Trinajstić information content (AvgIpc) is 2.93. The van der Waals surface area contributed by atoms with Crippen LogP contribution in [0.25, 0.3) is 0 Å². The topological polar surface area (TPSA) is 12.0 Å². The van der Waals surface area contributed by atoms with Crippen molar-refractivity contribution in [2.24, 2.45) is 0 Å². The van der Waals surface area contributed by atoms with Gasteiger partial charge in [0.25, 0.3) is 0 Å². The van der Waals surface area contributed by atoms with E-state index in [2.05, 4.69) is 30.4 Å². The van der Waals surface area contributed by atoms with Gasteiger partial charge in [-0.25, -0.2) is 0 Å². The quantitative estimate of drug-likeness (QED) is 0.723. The number of hydrogen-bond acceptors (Lipinski definition) is 1. The van der Waals surface area contributed by atoms with Crippen LogP contribution in [-0.4, -0.2) is 0 Å². The normalized spacial score (nSPS) is 14.8. The van der Waals surface area contributed by atoms with Gasteiger partial charge in [-0.15, -0.1) is 0 Å². The number of aryl methyl sites for hydroxylation is 2. The molecule has 21 heavy (non-hydrogen) atoms. The highest BCUT2D eigenvalue weighted by atomic mass is 35.5. The Morgan fingerprint density at radius 3 is 2.62 bits per heavy atom. The van der Waals surface area contributed by atoms with Gasteiger partial charge in [0.2, 0.25) is 0 Å². The number of rotatable bonds is 4. The van der Waals surface area contributed by atoms with Gasteiger partial charge in [-0.2, -0.15) is 0 Å². The molecule has 2 aromatic rings. The zero-order valence-electron chi connectivity index (χ0n) is 12.1. The molecule has 0 radical (unpaired) electrons. The molecule has 0 saturated carbocycles. The fourth-order valence-corrected chi connectivity index (χ4v) is 3.59. The van der Waals surface area contributed by atoms with E-state index in [4.69, 9.17) is 23.2 Å². The maximum absolute atomic E-state index is 6.34. The van der Waals surface area contributed by atoms with Crippen molar-refractivity contribution in [3.05, 3.63) is 63.1 Å². The van der Waals surface area contributed by atoms with E-state index in [1.165, 1.54) is 36.1 Å². The van der Waals surface area contributed by atoms with Gasteiger partial charge in [-0.1, -0.05) is 42.3 Å². The zero-order valence-corrected chi connectivity index (χ0v) is 13.6. The highest BCUT2D eigenvalue weighted by molar-refractivity contribution is 6.35. The van der Waals surface area contributed by atoms with Crippen LogP contribution >= 0.6 is 23.2 Å². The molecule has 0 heterocycles. The summed E-state index contributed by atoms with van der Waals surface area (Å²) in [5, 5.41) is 5.01. The molecule has 3 rings (SSSR count). The Hall–Kier alpha value is -1.18. The van der Waals surface area contributed by atoms with Gasteiger partial charge < -0.3 is 5.32 Å². The van der Waals surface area contributed by atoms with Crippen LogP contribution in [0.5, 0.6) is 0 Å². The lowest BCUT2D eigenvalue weighted by molar-refractivity contribution is 0.749. The van der Waals surface area contributed by atoms with E-state index in [-0.39, 0.29) is 6.04 Å². The molecule has 110 valence electrons. The molecule has 1 nitrogen and oxygen atoms in total. The third kappa shape index (κ3) is 3.20. The molecule has 1 aliphatic rings. The fourth-order valence-electron chi connectivity index (χ4n) is 3.05. The molecule has 2 aromatic carbocycles. The third-order valence-corrected chi connectivity index (χ3v) is 4.75. The first-order valence-corrected chi connectivity index (χ1v) is 8.26. The van der Waals surface area contributed by atoms with Crippen molar-refractivity contribution in [3.63, 3.8) is 0 Å². The molecule has 0 saturated heterocycles. The minimum absolute atomic E-state index is 0.203. The van der Waals surface area contributed by atoms with Gasteiger partial charge in [0, 0.05) is 15.7 Å². The summed E-state index contributed by atoms with van der Waals surface area (Å²) < 4.78 is 0. The molecule has 0 amide bonds. The second kappa shape index (κ2) is 6.29. The Labute approximate surface area is 136 Å². The Morgan fingerprint density at radius 1 is 1.05 bits per heavy atom. The van der Waals surface area contributed by atoms with Gasteiger partial charge in [-0.3, -0.25) is 0 Å².